The number of carbonyl (C=O) groups excluding carboxylic acids is 1. The second-order valence-electron chi connectivity index (χ2n) is 7.03. The van der Waals surface area contributed by atoms with Gasteiger partial charge in [0, 0.05) is 12.4 Å². The molecule has 27 heavy (non-hydrogen) atoms. The van der Waals surface area contributed by atoms with E-state index in [1.54, 1.807) is 12.3 Å². The molecule has 8 heteroatoms. The normalized spacial score (nSPS) is 15.1. The molecule has 1 saturated carbocycles. The number of hydrogen-bond donors (Lipinski definition) is 1. The summed E-state index contributed by atoms with van der Waals surface area (Å²) in [7, 11) is 0. The third-order valence-electron chi connectivity index (χ3n) is 4.87. The molecule has 4 rings (SSSR count). The minimum atomic E-state index is -0.310. The summed E-state index contributed by atoms with van der Waals surface area (Å²) in [4.78, 5) is 29.1. The number of halogens is 1. The fourth-order valence-electron chi connectivity index (χ4n) is 3.06. The molecule has 0 unspecified atom stereocenters. The van der Waals surface area contributed by atoms with E-state index in [0.717, 1.165) is 29.7 Å². The number of amides is 1. The molecule has 3 aromatic rings. The SMILES string of the molecule is Cc1ncc([C@H](C)NC(=O)Cn2nc3ccc(C4CC4)cn3c2=O)cc1Cl. The van der Waals surface area contributed by atoms with Gasteiger partial charge in [-0.2, -0.15) is 0 Å². The van der Waals surface area contributed by atoms with Crippen molar-refractivity contribution in [2.24, 2.45) is 0 Å². The van der Waals surface area contributed by atoms with E-state index in [9.17, 15) is 9.59 Å². The monoisotopic (exact) mass is 385 g/mol. The highest BCUT2D eigenvalue weighted by molar-refractivity contribution is 6.31. The molecule has 0 aliphatic heterocycles. The van der Waals surface area contributed by atoms with Gasteiger partial charge in [0.1, 0.15) is 6.54 Å². The van der Waals surface area contributed by atoms with Crippen LogP contribution in [0.5, 0.6) is 0 Å². The van der Waals surface area contributed by atoms with Crippen molar-refractivity contribution in [1.82, 2.24) is 24.5 Å². The fraction of sp³-hybridized carbons (Fsp3) is 0.368. The lowest BCUT2D eigenvalue weighted by Gasteiger charge is -2.14. The van der Waals surface area contributed by atoms with Gasteiger partial charge in [0.2, 0.25) is 5.91 Å². The second-order valence-corrected chi connectivity index (χ2v) is 7.44. The third kappa shape index (κ3) is 3.60. The summed E-state index contributed by atoms with van der Waals surface area (Å²) < 4.78 is 2.70. The molecule has 1 N–H and O–H groups in total. The summed E-state index contributed by atoms with van der Waals surface area (Å²) in [5.74, 6) is 0.246. The van der Waals surface area contributed by atoms with Gasteiger partial charge in [-0.3, -0.25) is 9.78 Å². The molecule has 0 spiro atoms. The summed E-state index contributed by atoms with van der Waals surface area (Å²) >= 11 is 6.10. The van der Waals surface area contributed by atoms with Crippen molar-refractivity contribution in [3.63, 3.8) is 0 Å². The van der Waals surface area contributed by atoms with Crippen LogP contribution in [0.3, 0.4) is 0 Å². The van der Waals surface area contributed by atoms with Crippen LogP contribution < -0.4 is 11.0 Å². The summed E-state index contributed by atoms with van der Waals surface area (Å²) in [5.41, 5.74) is 2.91. The highest BCUT2D eigenvalue weighted by atomic mass is 35.5. The summed E-state index contributed by atoms with van der Waals surface area (Å²) in [5, 5.41) is 7.66. The first-order valence-corrected chi connectivity index (χ1v) is 9.30. The molecule has 7 nitrogen and oxygen atoms in total. The molecule has 3 aromatic heterocycles. The lowest BCUT2D eigenvalue weighted by atomic mass is 10.1. The predicted octanol–water partition coefficient (Wildman–Crippen LogP) is 2.61. The number of carbonyl (C=O) groups is 1. The van der Waals surface area contributed by atoms with Gasteiger partial charge in [-0.1, -0.05) is 17.7 Å². The van der Waals surface area contributed by atoms with Gasteiger partial charge in [0.15, 0.2) is 5.65 Å². The van der Waals surface area contributed by atoms with E-state index in [0.29, 0.717) is 16.6 Å². The zero-order valence-electron chi connectivity index (χ0n) is 15.1. The zero-order chi connectivity index (χ0) is 19.1. The van der Waals surface area contributed by atoms with Crippen molar-refractivity contribution >= 4 is 23.2 Å². The van der Waals surface area contributed by atoms with E-state index in [2.05, 4.69) is 15.4 Å². The highest BCUT2D eigenvalue weighted by Gasteiger charge is 2.24. The molecule has 1 aliphatic carbocycles. The molecule has 1 atom stereocenters. The van der Waals surface area contributed by atoms with Gasteiger partial charge in [-0.25, -0.2) is 13.9 Å². The number of aromatic nitrogens is 4. The summed E-state index contributed by atoms with van der Waals surface area (Å²) in [6, 6.07) is 5.33. The third-order valence-corrected chi connectivity index (χ3v) is 5.25. The number of pyridine rings is 2. The average Bonchev–Trinajstić information content (AvgIpc) is 3.44. The fourth-order valence-corrected chi connectivity index (χ4v) is 3.24. The smallest absolute Gasteiger partial charge is 0.348 e. The van der Waals surface area contributed by atoms with E-state index in [1.165, 1.54) is 9.08 Å². The quantitative estimate of drug-likeness (QED) is 0.732. The van der Waals surface area contributed by atoms with Gasteiger partial charge in [-0.05, 0) is 55.9 Å². The van der Waals surface area contributed by atoms with Gasteiger partial charge < -0.3 is 5.32 Å². The van der Waals surface area contributed by atoms with E-state index in [-0.39, 0.29) is 24.2 Å². The Bertz CT molecular complexity index is 1080. The first-order chi connectivity index (χ1) is 12.9. The van der Waals surface area contributed by atoms with Crippen molar-refractivity contribution in [2.75, 3.05) is 0 Å². The first-order valence-electron chi connectivity index (χ1n) is 8.93. The highest BCUT2D eigenvalue weighted by Crippen LogP contribution is 2.39. The van der Waals surface area contributed by atoms with Crippen LogP contribution in [0.1, 0.15) is 48.5 Å². The number of nitrogens with one attached hydrogen (secondary N) is 1. The zero-order valence-corrected chi connectivity index (χ0v) is 15.9. The number of rotatable bonds is 5. The van der Waals surface area contributed by atoms with E-state index in [1.807, 2.05) is 32.2 Å². The van der Waals surface area contributed by atoms with Gasteiger partial charge in [0.05, 0.1) is 16.8 Å². The Hall–Kier alpha value is -2.67. The van der Waals surface area contributed by atoms with Crippen LogP contribution in [0, 0.1) is 6.92 Å². The minimum absolute atomic E-state index is 0.142. The molecule has 0 aromatic carbocycles. The Morgan fingerprint density at radius 2 is 2.19 bits per heavy atom. The molecule has 0 radical (unpaired) electrons. The molecule has 140 valence electrons. The van der Waals surface area contributed by atoms with E-state index < -0.39 is 0 Å². The average molecular weight is 386 g/mol. The van der Waals surface area contributed by atoms with Crippen LogP contribution in [-0.2, 0) is 11.3 Å². The maximum absolute atomic E-state index is 12.6. The molecule has 1 amide bonds. The Labute approximate surface area is 161 Å². The van der Waals surface area contributed by atoms with Gasteiger partial charge in [-0.15, -0.1) is 5.10 Å². The maximum atomic E-state index is 12.6. The Balaban J connectivity index is 1.49. The number of aryl methyl sites for hydroxylation is 1. The molecule has 1 aliphatic rings. The molecular weight excluding hydrogens is 366 g/mol. The molecule has 3 heterocycles. The van der Waals surface area contributed by atoms with Crippen molar-refractivity contribution < 1.29 is 4.79 Å². The van der Waals surface area contributed by atoms with Gasteiger partial charge >= 0.3 is 5.69 Å². The number of hydrogen-bond acceptors (Lipinski definition) is 4. The lowest BCUT2D eigenvalue weighted by Crippen LogP contribution is -2.34. The number of fused-ring (bicyclic) bond motifs is 1. The van der Waals surface area contributed by atoms with E-state index in [4.69, 9.17) is 11.6 Å². The van der Waals surface area contributed by atoms with E-state index >= 15 is 0 Å². The van der Waals surface area contributed by atoms with Crippen molar-refractivity contribution in [1.29, 1.82) is 0 Å². The van der Waals surface area contributed by atoms with Crippen LogP contribution >= 0.6 is 11.6 Å². The molecule has 1 fully saturated rings. The van der Waals surface area contributed by atoms with Crippen LogP contribution in [0.4, 0.5) is 0 Å². The molecule has 0 saturated heterocycles. The van der Waals surface area contributed by atoms with Crippen LogP contribution in [0.25, 0.3) is 5.65 Å². The first kappa shape index (κ1) is 17.7. The van der Waals surface area contributed by atoms with Crippen LogP contribution in [-0.4, -0.2) is 25.1 Å². The molecular formula is C19H20ClN5O2. The largest absolute Gasteiger partial charge is 0.350 e. The Morgan fingerprint density at radius 1 is 1.41 bits per heavy atom. The minimum Gasteiger partial charge on any atom is -0.348 e. The standard InChI is InChI=1S/C19H20ClN5O2/c1-11(15-7-16(20)12(2)21-8-15)22-18(26)10-25-19(27)24-9-14(13-3-4-13)5-6-17(24)23-25/h5-9,11,13H,3-4,10H2,1-2H3,(H,22,26)/t11-/m0/s1. The van der Waals surface area contributed by atoms with Crippen molar-refractivity contribution in [3.05, 3.63) is 62.9 Å². The Kier molecular flexibility index (Phi) is 4.47. The van der Waals surface area contributed by atoms with Crippen molar-refractivity contribution in [3.8, 4) is 0 Å². The second kappa shape index (κ2) is 6.81. The topological polar surface area (TPSA) is 81.3 Å². The van der Waals surface area contributed by atoms with Crippen LogP contribution in [0.2, 0.25) is 5.02 Å². The number of nitrogens with zero attached hydrogens (tertiary/aromatic N) is 4. The van der Waals surface area contributed by atoms with Crippen LogP contribution in [0.15, 0.2) is 35.4 Å². The maximum Gasteiger partial charge on any atom is 0.350 e. The van der Waals surface area contributed by atoms with Crippen molar-refractivity contribution in [2.45, 2.75) is 45.2 Å². The summed E-state index contributed by atoms with van der Waals surface area (Å²) in [6.07, 6.45) is 5.83. The molecule has 0 bridgehead atoms. The Morgan fingerprint density at radius 3 is 2.89 bits per heavy atom. The lowest BCUT2D eigenvalue weighted by molar-refractivity contribution is -0.122. The van der Waals surface area contributed by atoms with Gasteiger partial charge in [0.25, 0.3) is 0 Å². The summed E-state index contributed by atoms with van der Waals surface area (Å²) in [6.45, 7) is 3.52. The predicted molar refractivity (Wildman–Crippen MR) is 102 cm³/mol.